The van der Waals surface area contributed by atoms with Crippen molar-refractivity contribution in [2.24, 2.45) is 0 Å². The number of hydrogen-bond acceptors (Lipinski definition) is 3. The van der Waals surface area contributed by atoms with Crippen molar-refractivity contribution < 1.29 is 4.74 Å². The van der Waals surface area contributed by atoms with Crippen LogP contribution in [-0.2, 0) is 6.54 Å². The van der Waals surface area contributed by atoms with Gasteiger partial charge >= 0.3 is 0 Å². The number of aromatic nitrogens is 2. The molecule has 108 valence electrons. The number of nitrogens with zero attached hydrogens (tertiary/aromatic N) is 1. The number of imidazole rings is 1. The van der Waals surface area contributed by atoms with E-state index in [1.807, 2.05) is 19.1 Å². The molecule has 0 saturated heterocycles. The number of anilines is 1. The third kappa shape index (κ3) is 2.84. The first-order valence-corrected chi connectivity index (χ1v) is 6.99. The van der Waals surface area contributed by atoms with Crippen LogP contribution in [0.15, 0.2) is 36.4 Å². The number of hydrogen-bond donors (Lipinski definition) is 2. The van der Waals surface area contributed by atoms with Crippen LogP contribution in [0.2, 0.25) is 0 Å². The summed E-state index contributed by atoms with van der Waals surface area (Å²) in [5.41, 5.74) is 5.52. The molecular formula is C17H19N3O. The van der Waals surface area contributed by atoms with Gasteiger partial charge in [0.05, 0.1) is 18.1 Å². The van der Waals surface area contributed by atoms with Gasteiger partial charge in [0.25, 0.3) is 0 Å². The van der Waals surface area contributed by atoms with Crippen molar-refractivity contribution in [2.75, 3.05) is 12.4 Å². The molecule has 4 heteroatoms. The Hall–Kier alpha value is -2.49. The van der Waals surface area contributed by atoms with E-state index >= 15 is 0 Å². The Morgan fingerprint density at radius 2 is 2.00 bits per heavy atom. The standard InChI is InChI=1S/C17H19N3O/c1-11-8-13(4-7-17(11)21-3)10-18-14-5-6-15-16(9-14)20-12(2)19-15/h4-9,18H,10H2,1-3H3,(H,19,20). The molecule has 0 radical (unpaired) electrons. The number of rotatable bonds is 4. The summed E-state index contributed by atoms with van der Waals surface area (Å²) in [4.78, 5) is 7.66. The van der Waals surface area contributed by atoms with Crippen LogP contribution in [0.25, 0.3) is 11.0 Å². The van der Waals surface area contributed by atoms with Crippen molar-refractivity contribution in [3.63, 3.8) is 0 Å². The van der Waals surface area contributed by atoms with Crippen molar-refractivity contribution in [1.29, 1.82) is 0 Å². The van der Waals surface area contributed by atoms with Crippen molar-refractivity contribution in [3.8, 4) is 5.75 Å². The van der Waals surface area contributed by atoms with Gasteiger partial charge in [-0.25, -0.2) is 4.98 Å². The van der Waals surface area contributed by atoms with Gasteiger partial charge in [-0.05, 0) is 49.2 Å². The lowest BCUT2D eigenvalue weighted by molar-refractivity contribution is 0.411. The number of aromatic amines is 1. The second-order valence-corrected chi connectivity index (χ2v) is 5.21. The van der Waals surface area contributed by atoms with Gasteiger partial charge in [-0.1, -0.05) is 12.1 Å². The molecule has 0 atom stereocenters. The molecule has 3 aromatic rings. The second-order valence-electron chi connectivity index (χ2n) is 5.21. The Labute approximate surface area is 124 Å². The molecule has 4 nitrogen and oxygen atoms in total. The first kappa shape index (κ1) is 13.5. The molecule has 3 rings (SSSR count). The molecule has 2 N–H and O–H groups in total. The fourth-order valence-corrected chi connectivity index (χ4v) is 2.50. The number of benzene rings is 2. The van der Waals surface area contributed by atoms with Gasteiger partial charge in [-0.2, -0.15) is 0 Å². The lowest BCUT2D eigenvalue weighted by Gasteiger charge is -2.09. The van der Waals surface area contributed by atoms with Crippen LogP contribution >= 0.6 is 0 Å². The first-order valence-electron chi connectivity index (χ1n) is 6.99. The Balaban J connectivity index is 1.75. The average molecular weight is 281 g/mol. The van der Waals surface area contributed by atoms with Crippen LogP contribution in [0.5, 0.6) is 5.75 Å². The molecule has 2 aromatic carbocycles. The molecule has 0 aliphatic rings. The van der Waals surface area contributed by atoms with E-state index in [1.54, 1.807) is 7.11 Å². The first-order chi connectivity index (χ1) is 10.2. The highest BCUT2D eigenvalue weighted by molar-refractivity contribution is 5.79. The highest BCUT2D eigenvalue weighted by Crippen LogP contribution is 2.21. The van der Waals surface area contributed by atoms with E-state index in [0.717, 1.165) is 40.4 Å². The van der Waals surface area contributed by atoms with E-state index in [2.05, 4.69) is 46.5 Å². The summed E-state index contributed by atoms with van der Waals surface area (Å²) in [5, 5.41) is 3.44. The summed E-state index contributed by atoms with van der Waals surface area (Å²) in [6.45, 7) is 4.80. The van der Waals surface area contributed by atoms with Crippen LogP contribution in [0, 0.1) is 13.8 Å². The van der Waals surface area contributed by atoms with E-state index in [-0.39, 0.29) is 0 Å². The highest BCUT2D eigenvalue weighted by atomic mass is 16.5. The largest absolute Gasteiger partial charge is 0.496 e. The minimum atomic E-state index is 0.781. The maximum Gasteiger partial charge on any atom is 0.121 e. The number of fused-ring (bicyclic) bond motifs is 1. The summed E-state index contributed by atoms with van der Waals surface area (Å²) in [7, 11) is 1.70. The number of nitrogens with one attached hydrogen (secondary N) is 2. The molecule has 0 unspecified atom stereocenters. The van der Waals surface area contributed by atoms with Gasteiger partial charge in [0.2, 0.25) is 0 Å². The SMILES string of the molecule is COc1ccc(CNc2ccc3nc(C)[nH]c3c2)cc1C. The Kier molecular flexibility index (Phi) is 3.52. The normalized spacial score (nSPS) is 10.8. The summed E-state index contributed by atoms with van der Waals surface area (Å²) in [5.74, 6) is 1.86. The fourth-order valence-electron chi connectivity index (χ4n) is 2.50. The minimum absolute atomic E-state index is 0.781. The summed E-state index contributed by atoms with van der Waals surface area (Å²) >= 11 is 0. The summed E-state index contributed by atoms with van der Waals surface area (Å²) in [6.07, 6.45) is 0. The Morgan fingerprint density at radius 3 is 2.76 bits per heavy atom. The quantitative estimate of drug-likeness (QED) is 0.764. The Bertz CT molecular complexity index is 777. The van der Waals surface area contributed by atoms with Crippen LogP contribution in [0.3, 0.4) is 0 Å². The van der Waals surface area contributed by atoms with Crippen molar-refractivity contribution in [1.82, 2.24) is 9.97 Å². The summed E-state index contributed by atoms with van der Waals surface area (Å²) in [6, 6.07) is 12.4. The number of ether oxygens (including phenoxy) is 1. The van der Waals surface area contributed by atoms with Gasteiger partial charge < -0.3 is 15.0 Å². The van der Waals surface area contributed by atoms with E-state index in [0.29, 0.717) is 0 Å². The minimum Gasteiger partial charge on any atom is -0.496 e. The smallest absolute Gasteiger partial charge is 0.121 e. The third-order valence-corrected chi connectivity index (χ3v) is 3.56. The van der Waals surface area contributed by atoms with Crippen molar-refractivity contribution >= 4 is 16.7 Å². The Morgan fingerprint density at radius 1 is 1.14 bits per heavy atom. The zero-order chi connectivity index (χ0) is 14.8. The molecule has 0 spiro atoms. The maximum absolute atomic E-state index is 5.28. The molecule has 21 heavy (non-hydrogen) atoms. The van der Waals surface area contributed by atoms with E-state index in [1.165, 1.54) is 5.56 Å². The van der Waals surface area contributed by atoms with E-state index in [4.69, 9.17) is 4.74 Å². The molecule has 0 bridgehead atoms. The average Bonchev–Trinajstić information content (AvgIpc) is 2.84. The van der Waals surface area contributed by atoms with E-state index < -0.39 is 0 Å². The molecule has 1 heterocycles. The van der Waals surface area contributed by atoms with Crippen molar-refractivity contribution in [3.05, 3.63) is 53.3 Å². The van der Waals surface area contributed by atoms with Crippen LogP contribution in [0.1, 0.15) is 17.0 Å². The fraction of sp³-hybridized carbons (Fsp3) is 0.235. The van der Waals surface area contributed by atoms with Gasteiger partial charge in [0, 0.05) is 12.2 Å². The highest BCUT2D eigenvalue weighted by Gasteiger charge is 2.02. The molecule has 0 saturated carbocycles. The van der Waals surface area contributed by atoms with E-state index in [9.17, 15) is 0 Å². The predicted octanol–water partition coefficient (Wildman–Crippen LogP) is 3.80. The molecule has 0 amide bonds. The number of methoxy groups -OCH3 is 1. The number of aryl methyl sites for hydroxylation is 2. The molecule has 0 aliphatic carbocycles. The van der Waals surface area contributed by atoms with Gasteiger partial charge in [0.1, 0.15) is 11.6 Å². The van der Waals surface area contributed by atoms with Gasteiger partial charge in [-0.15, -0.1) is 0 Å². The maximum atomic E-state index is 5.28. The van der Waals surface area contributed by atoms with Gasteiger partial charge in [0.15, 0.2) is 0 Å². The molecular weight excluding hydrogens is 262 g/mol. The van der Waals surface area contributed by atoms with Crippen LogP contribution < -0.4 is 10.1 Å². The zero-order valence-electron chi connectivity index (χ0n) is 12.5. The number of H-pyrrole nitrogens is 1. The van der Waals surface area contributed by atoms with Crippen LogP contribution in [-0.4, -0.2) is 17.1 Å². The van der Waals surface area contributed by atoms with Crippen LogP contribution in [0.4, 0.5) is 5.69 Å². The molecule has 0 aliphatic heterocycles. The zero-order valence-corrected chi connectivity index (χ0v) is 12.5. The molecule has 1 aromatic heterocycles. The predicted molar refractivity (Wildman–Crippen MR) is 85.9 cm³/mol. The van der Waals surface area contributed by atoms with Crippen molar-refractivity contribution in [2.45, 2.75) is 20.4 Å². The summed E-state index contributed by atoms with van der Waals surface area (Å²) < 4.78 is 5.28. The molecule has 0 fully saturated rings. The van der Waals surface area contributed by atoms with Gasteiger partial charge in [-0.3, -0.25) is 0 Å². The topological polar surface area (TPSA) is 49.9 Å². The third-order valence-electron chi connectivity index (χ3n) is 3.56. The monoisotopic (exact) mass is 281 g/mol. The second kappa shape index (κ2) is 5.48. The lowest BCUT2D eigenvalue weighted by atomic mass is 10.1. The lowest BCUT2D eigenvalue weighted by Crippen LogP contribution is -2.00.